The van der Waals surface area contributed by atoms with Gasteiger partial charge >= 0.3 is 0 Å². The number of rotatable bonds is 7. The van der Waals surface area contributed by atoms with Crippen molar-refractivity contribution in [3.05, 3.63) is 77.8 Å². The first-order chi connectivity index (χ1) is 15.9. The molecule has 7 nitrogen and oxygen atoms in total. The smallest absolute Gasteiger partial charge is 0.210 e. The van der Waals surface area contributed by atoms with Gasteiger partial charge in [0.15, 0.2) is 12.4 Å². The Morgan fingerprint density at radius 2 is 1.50 bits per heavy atom. The Bertz CT molecular complexity index is 1170. The average Bonchev–Trinajstić information content (AvgIpc) is 2.84. The summed E-state index contributed by atoms with van der Waals surface area (Å²) in [6.45, 7) is 3.31. The van der Waals surface area contributed by atoms with Gasteiger partial charge in [-0.2, -0.15) is 4.57 Å². The van der Waals surface area contributed by atoms with Crippen LogP contribution in [-0.2, 0) is 57.7 Å². The van der Waals surface area contributed by atoms with Gasteiger partial charge in [-0.1, -0.05) is 12.1 Å². The number of ether oxygens (including phenoxy) is 1. The second-order valence-corrected chi connectivity index (χ2v) is 10.3. The van der Waals surface area contributed by atoms with Crippen LogP contribution in [0.15, 0.2) is 78.0 Å². The van der Waals surface area contributed by atoms with Gasteiger partial charge < -0.3 is 44.5 Å². The predicted molar refractivity (Wildman–Crippen MR) is 133 cm³/mol. The van der Waals surface area contributed by atoms with Crippen molar-refractivity contribution in [3.8, 4) is 11.4 Å². The van der Waals surface area contributed by atoms with Gasteiger partial charge in [0.2, 0.25) is 5.69 Å². The Morgan fingerprint density at radius 1 is 0.912 bits per heavy atom. The van der Waals surface area contributed by atoms with E-state index in [1.54, 1.807) is 43.5 Å². The zero-order chi connectivity index (χ0) is 23.4. The van der Waals surface area contributed by atoms with Gasteiger partial charge in [-0.25, -0.2) is 13.1 Å². The first-order valence-electron chi connectivity index (χ1n) is 10.4. The Balaban J connectivity index is 0.00000324. The van der Waals surface area contributed by atoms with E-state index in [-0.39, 0.29) is 32.0 Å². The molecule has 1 aromatic heterocycles. The van der Waals surface area contributed by atoms with Gasteiger partial charge in [0.1, 0.15) is 15.8 Å². The molecule has 0 aliphatic carbocycles. The number of methoxy groups -OCH3 is 1. The van der Waals surface area contributed by atoms with Crippen LogP contribution in [0, 0.1) is 0 Å². The molecule has 1 saturated heterocycles. The van der Waals surface area contributed by atoms with E-state index in [4.69, 9.17) is 30.0 Å². The Labute approximate surface area is 227 Å². The number of hydrogen-bond donors (Lipinski definition) is 0. The molecule has 0 bridgehead atoms. The maximum Gasteiger partial charge on any atom is 0.210 e. The maximum absolute atomic E-state index is 12.8. The van der Waals surface area contributed by atoms with Crippen LogP contribution < -0.4 is 14.2 Å². The quantitative estimate of drug-likeness (QED) is 0.214. The molecule has 1 aliphatic heterocycles. The van der Waals surface area contributed by atoms with E-state index in [1.807, 2.05) is 41.2 Å². The van der Waals surface area contributed by atoms with Gasteiger partial charge in [0.05, 0.1) is 12.0 Å². The fourth-order valence-corrected chi connectivity index (χ4v) is 5.02. The SMILES string of the molecule is COc1cc[n+](-c2ccc(S(=O)(=O)[N-]c3ccc(N4CCN(C([S-])[S-])CC4)cc3)cc2)cc1.[Au]. The van der Waals surface area contributed by atoms with Crippen molar-refractivity contribution in [2.45, 2.75) is 9.60 Å². The minimum Gasteiger partial charge on any atom is -0.800 e. The summed E-state index contributed by atoms with van der Waals surface area (Å²) >= 11 is 10.3. The molecule has 185 valence electrons. The number of benzene rings is 2. The molecule has 1 aliphatic rings. The third-order valence-corrected chi connectivity index (χ3v) is 7.44. The van der Waals surface area contributed by atoms with E-state index in [2.05, 4.69) is 14.5 Å². The van der Waals surface area contributed by atoms with E-state index < -0.39 is 10.0 Å². The molecule has 4 rings (SSSR count). The van der Waals surface area contributed by atoms with Gasteiger partial charge in [0, 0.05) is 78.5 Å². The topological polar surface area (TPSA) is 67.8 Å². The van der Waals surface area contributed by atoms with Crippen molar-refractivity contribution in [2.75, 3.05) is 38.2 Å². The second-order valence-electron chi connectivity index (χ2n) is 7.55. The minimum atomic E-state index is -3.83. The molecular formula is C23H24AuN4O3S3-2. The average molecular weight is 698 g/mol. The van der Waals surface area contributed by atoms with Crippen LogP contribution in [0.4, 0.5) is 11.4 Å². The molecule has 3 aromatic rings. The van der Waals surface area contributed by atoms with Crippen LogP contribution in [-0.4, -0.2) is 51.3 Å². The van der Waals surface area contributed by atoms with Crippen LogP contribution in [0.5, 0.6) is 5.75 Å². The van der Waals surface area contributed by atoms with Crippen molar-refractivity contribution < 1.29 is 40.1 Å². The third kappa shape index (κ3) is 6.51. The molecule has 0 amide bonds. The van der Waals surface area contributed by atoms with Gasteiger partial charge in [-0.15, -0.1) is 5.69 Å². The molecule has 11 heteroatoms. The molecular weight excluding hydrogens is 673 g/mol. The summed E-state index contributed by atoms with van der Waals surface area (Å²) in [5, 5.41) is 0. The molecule has 34 heavy (non-hydrogen) atoms. The Kier molecular flexibility index (Phi) is 9.39. The minimum absolute atomic E-state index is 0. The number of nitrogens with zero attached hydrogens (tertiary/aromatic N) is 4. The molecule has 2 aromatic carbocycles. The largest absolute Gasteiger partial charge is 0.800 e. The van der Waals surface area contributed by atoms with Gasteiger partial charge in [-0.05, 0) is 24.3 Å². The number of anilines is 1. The van der Waals surface area contributed by atoms with Crippen molar-refractivity contribution in [3.63, 3.8) is 0 Å². The number of pyridine rings is 1. The summed E-state index contributed by atoms with van der Waals surface area (Å²) < 4.78 is 36.4. The number of piperazine rings is 1. The van der Waals surface area contributed by atoms with Crippen LogP contribution in [0.1, 0.15) is 0 Å². The first kappa shape index (κ1) is 26.9. The summed E-state index contributed by atoms with van der Waals surface area (Å²) in [5.74, 6) is 0.749. The summed E-state index contributed by atoms with van der Waals surface area (Å²) in [4.78, 5) is 4.47. The summed E-state index contributed by atoms with van der Waals surface area (Å²) in [6.07, 6.45) is 3.70. The van der Waals surface area contributed by atoms with E-state index in [0.717, 1.165) is 43.3 Å². The molecule has 1 radical (unpaired) electrons. The standard InChI is InChI=1S/C23H26N4O3S3.Au/c1-30-21-10-12-25(13-11-21)20-6-8-22(9-7-20)33(28,29)24-18-2-4-19(5-3-18)26-14-16-27(17-15-26)23(31)32;/h2-13,23,31-32H,14-17H2,1H3;/p-2. The number of aromatic nitrogens is 1. The fourth-order valence-electron chi connectivity index (χ4n) is 3.62. The Morgan fingerprint density at radius 3 is 2.03 bits per heavy atom. The van der Waals surface area contributed by atoms with Crippen LogP contribution in [0.3, 0.4) is 0 Å². The molecule has 0 saturated carbocycles. The molecule has 0 N–H and O–H groups in total. The zero-order valence-corrected chi connectivity index (χ0v) is 23.0. The van der Waals surface area contributed by atoms with Crippen molar-refractivity contribution in [1.82, 2.24) is 4.90 Å². The Hall–Kier alpha value is -1.66. The second kappa shape index (κ2) is 11.9. The molecule has 1 fully saturated rings. The van der Waals surface area contributed by atoms with E-state index in [1.165, 1.54) is 0 Å². The van der Waals surface area contributed by atoms with Crippen LogP contribution in [0.25, 0.3) is 10.4 Å². The zero-order valence-electron chi connectivity index (χ0n) is 18.4. The van der Waals surface area contributed by atoms with Crippen molar-refractivity contribution >= 4 is 46.7 Å². The van der Waals surface area contributed by atoms with Gasteiger partial charge in [-0.3, -0.25) is 0 Å². The van der Waals surface area contributed by atoms with E-state index in [9.17, 15) is 8.42 Å². The molecule has 0 spiro atoms. The van der Waals surface area contributed by atoms with Crippen molar-refractivity contribution in [2.24, 2.45) is 0 Å². The normalized spacial score (nSPS) is 14.5. The van der Waals surface area contributed by atoms with E-state index >= 15 is 0 Å². The summed E-state index contributed by atoms with van der Waals surface area (Å²) in [6, 6.07) is 17.5. The maximum atomic E-state index is 12.8. The number of hydrogen-bond acceptors (Lipinski definition) is 7. The summed E-state index contributed by atoms with van der Waals surface area (Å²) in [5.41, 5.74) is 2.25. The van der Waals surface area contributed by atoms with Crippen LogP contribution in [0.2, 0.25) is 0 Å². The molecule has 0 atom stereocenters. The molecule has 2 heterocycles. The fraction of sp³-hybridized carbons (Fsp3) is 0.261. The van der Waals surface area contributed by atoms with Gasteiger partial charge in [0.25, 0.3) is 0 Å². The molecule has 0 unspecified atom stereocenters. The summed E-state index contributed by atoms with van der Waals surface area (Å²) in [7, 11) is -2.22. The third-order valence-electron chi connectivity index (χ3n) is 5.52. The number of sulfonamides is 1. The predicted octanol–water partition coefficient (Wildman–Crippen LogP) is 2.86. The first-order valence-corrected chi connectivity index (χ1v) is 12.8. The van der Waals surface area contributed by atoms with Crippen LogP contribution >= 0.6 is 0 Å². The van der Waals surface area contributed by atoms with Crippen molar-refractivity contribution in [1.29, 1.82) is 0 Å². The monoisotopic (exact) mass is 697 g/mol. The van der Waals surface area contributed by atoms with E-state index in [0.29, 0.717) is 5.69 Å².